The van der Waals surface area contributed by atoms with Crippen LogP contribution < -0.4 is 9.80 Å². The fourth-order valence-electron chi connectivity index (χ4n) is 4.80. The molecule has 0 aliphatic carbocycles. The van der Waals surface area contributed by atoms with Gasteiger partial charge in [-0.2, -0.15) is 0 Å². The largest absolute Gasteiger partial charge is 0.378 e. The van der Waals surface area contributed by atoms with Crippen LogP contribution in [0.15, 0.2) is 78.9 Å². The number of hydrogen-bond donors (Lipinski definition) is 1. The van der Waals surface area contributed by atoms with Crippen molar-refractivity contribution in [3.8, 4) is 0 Å². The smallest absolute Gasteiger partial charge is 0.140 e. The van der Waals surface area contributed by atoms with Crippen LogP contribution >= 0.6 is 0 Å². The summed E-state index contributed by atoms with van der Waals surface area (Å²) in [5, 5.41) is 12.1. The van der Waals surface area contributed by atoms with Crippen LogP contribution in [0, 0.1) is 0 Å². The van der Waals surface area contributed by atoms with Crippen LogP contribution in [0.3, 0.4) is 0 Å². The number of aliphatic hydroxyl groups is 1. The van der Waals surface area contributed by atoms with Crippen molar-refractivity contribution in [2.75, 3.05) is 49.2 Å². The first kappa shape index (κ1) is 20.1. The van der Waals surface area contributed by atoms with Gasteiger partial charge >= 0.3 is 0 Å². The molecule has 2 saturated heterocycles. The van der Waals surface area contributed by atoms with Crippen LogP contribution in [0.25, 0.3) is 0 Å². The molecular formula is C27H30N2O2. The molecule has 4 heteroatoms. The SMILES string of the molecule is OC(c1ccccc1)(c1ccc(N2CCCC2)cc1)c1ccc(N2CCOCC2)cc1. The topological polar surface area (TPSA) is 35.9 Å². The maximum Gasteiger partial charge on any atom is 0.140 e. The van der Waals surface area contributed by atoms with E-state index in [1.807, 2.05) is 30.3 Å². The number of anilines is 2. The summed E-state index contributed by atoms with van der Waals surface area (Å²) in [6, 6.07) is 26.8. The fourth-order valence-corrected chi connectivity index (χ4v) is 4.80. The molecule has 31 heavy (non-hydrogen) atoms. The van der Waals surface area contributed by atoms with Gasteiger partial charge in [0.1, 0.15) is 5.60 Å². The number of hydrogen-bond acceptors (Lipinski definition) is 4. The summed E-state index contributed by atoms with van der Waals surface area (Å²) in [6.45, 7) is 5.56. The Labute approximate surface area is 184 Å². The monoisotopic (exact) mass is 414 g/mol. The van der Waals surface area contributed by atoms with Crippen molar-refractivity contribution in [2.45, 2.75) is 18.4 Å². The predicted octanol–water partition coefficient (Wildman–Crippen LogP) is 4.41. The number of rotatable bonds is 5. The van der Waals surface area contributed by atoms with E-state index in [-0.39, 0.29) is 0 Å². The second-order valence-corrected chi connectivity index (χ2v) is 8.46. The Bertz CT molecular complexity index is 976. The lowest BCUT2D eigenvalue weighted by Crippen LogP contribution is -2.36. The number of ether oxygens (including phenoxy) is 1. The molecule has 0 radical (unpaired) electrons. The third kappa shape index (κ3) is 3.93. The standard InChI is InChI=1S/C27H30N2O2/c30-27(22-6-2-1-3-7-22,23-8-12-25(13-9-23)28-16-4-5-17-28)24-10-14-26(15-11-24)29-18-20-31-21-19-29/h1-3,6-15,30H,4-5,16-21H2. The second kappa shape index (κ2) is 8.74. The van der Waals surface area contributed by atoms with Crippen LogP contribution in [-0.2, 0) is 10.3 Å². The Morgan fingerprint density at radius 1 is 0.581 bits per heavy atom. The van der Waals surface area contributed by atoms with Crippen LogP contribution in [0.4, 0.5) is 11.4 Å². The highest BCUT2D eigenvalue weighted by Crippen LogP contribution is 2.38. The average Bonchev–Trinajstić information content (AvgIpc) is 3.40. The van der Waals surface area contributed by atoms with Crippen molar-refractivity contribution in [1.82, 2.24) is 0 Å². The molecule has 160 valence electrons. The summed E-state index contributed by atoms with van der Waals surface area (Å²) in [5.74, 6) is 0. The first-order valence-corrected chi connectivity index (χ1v) is 11.3. The minimum Gasteiger partial charge on any atom is -0.378 e. The summed E-state index contributed by atoms with van der Waals surface area (Å²) in [6.07, 6.45) is 2.51. The Morgan fingerprint density at radius 3 is 1.55 bits per heavy atom. The zero-order chi connectivity index (χ0) is 21.1. The van der Waals surface area contributed by atoms with E-state index in [1.54, 1.807) is 0 Å². The van der Waals surface area contributed by atoms with Gasteiger partial charge in [-0.05, 0) is 53.8 Å². The van der Waals surface area contributed by atoms with Gasteiger partial charge in [0.2, 0.25) is 0 Å². The quantitative estimate of drug-likeness (QED) is 0.628. The van der Waals surface area contributed by atoms with Gasteiger partial charge in [0, 0.05) is 37.6 Å². The third-order valence-electron chi connectivity index (χ3n) is 6.61. The van der Waals surface area contributed by atoms with E-state index in [2.05, 4.69) is 58.3 Å². The van der Waals surface area contributed by atoms with Gasteiger partial charge in [-0.15, -0.1) is 0 Å². The van der Waals surface area contributed by atoms with Gasteiger partial charge in [0.25, 0.3) is 0 Å². The van der Waals surface area contributed by atoms with Gasteiger partial charge in [0.15, 0.2) is 0 Å². The van der Waals surface area contributed by atoms with E-state index in [0.29, 0.717) is 0 Å². The average molecular weight is 415 g/mol. The second-order valence-electron chi connectivity index (χ2n) is 8.46. The van der Waals surface area contributed by atoms with Crippen LogP contribution in [0.1, 0.15) is 29.5 Å². The molecule has 0 saturated carbocycles. The number of morpholine rings is 1. The highest BCUT2D eigenvalue weighted by Gasteiger charge is 2.34. The first-order valence-electron chi connectivity index (χ1n) is 11.3. The molecule has 1 atom stereocenters. The molecule has 2 aliphatic rings. The molecule has 3 aromatic rings. The van der Waals surface area contributed by atoms with Crippen molar-refractivity contribution in [3.63, 3.8) is 0 Å². The predicted molar refractivity (Wildman–Crippen MR) is 126 cm³/mol. The molecule has 2 fully saturated rings. The lowest BCUT2D eigenvalue weighted by molar-refractivity contribution is 0.122. The zero-order valence-corrected chi connectivity index (χ0v) is 17.9. The molecule has 0 aromatic heterocycles. The van der Waals surface area contributed by atoms with E-state index < -0.39 is 5.60 Å². The van der Waals surface area contributed by atoms with Crippen molar-refractivity contribution in [2.24, 2.45) is 0 Å². The van der Waals surface area contributed by atoms with E-state index in [1.165, 1.54) is 24.2 Å². The molecular weight excluding hydrogens is 384 g/mol. The molecule has 4 nitrogen and oxygen atoms in total. The van der Waals surface area contributed by atoms with Gasteiger partial charge in [-0.3, -0.25) is 0 Å². The van der Waals surface area contributed by atoms with E-state index >= 15 is 0 Å². The summed E-state index contributed by atoms with van der Waals surface area (Å²) in [4.78, 5) is 4.75. The van der Waals surface area contributed by atoms with Crippen molar-refractivity contribution < 1.29 is 9.84 Å². The van der Waals surface area contributed by atoms with Gasteiger partial charge in [0.05, 0.1) is 13.2 Å². The lowest BCUT2D eigenvalue weighted by Gasteiger charge is -2.32. The minimum atomic E-state index is -1.20. The van der Waals surface area contributed by atoms with Gasteiger partial charge < -0.3 is 19.6 Å². The minimum absolute atomic E-state index is 0.763. The molecule has 0 bridgehead atoms. The van der Waals surface area contributed by atoms with Gasteiger partial charge in [-0.25, -0.2) is 0 Å². The van der Waals surface area contributed by atoms with Crippen LogP contribution in [0.5, 0.6) is 0 Å². The highest BCUT2D eigenvalue weighted by molar-refractivity contribution is 5.56. The summed E-state index contributed by atoms with van der Waals surface area (Å²) in [5.41, 5.74) is 3.86. The molecule has 0 spiro atoms. The lowest BCUT2D eigenvalue weighted by atomic mass is 9.80. The van der Waals surface area contributed by atoms with E-state index in [4.69, 9.17) is 4.74 Å². The number of benzene rings is 3. The molecule has 3 aromatic carbocycles. The fraction of sp³-hybridized carbons (Fsp3) is 0.333. The van der Waals surface area contributed by atoms with E-state index in [9.17, 15) is 5.11 Å². The zero-order valence-electron chi connectivity index (χ0n) is 17.9. The summed E-state index contributed by atoms with van der Waals surface area (Å²) in [7, 11) is 0. The molecule has 5 rings (SSSR count). The molecule has 1 N–H and O–H groups in total. The Hall–Kier alpha value is -2.82. The van der Waals surface area contributed by atoms with Crippen molar-refractivity contribution >= 4 is 11.4 Å². The molecule has 0 amide bonds. The highest BCUT2D eigenvalue weighted by atomic mass is 16.5. The molecule has 2 aliphatic heterocycles. The Morgan fingerprint density at radius 2 is 1.03 bits per heavy atom. The number of nitrogens with zero attached hydrogens (tertiary/aromatic N) is 2. The normalized spacial score (nSPS) is 18.7. The van der Waals surface area contributed by atoms with E-state index in [0.717, 1.165) is 56.1 Å². The summed E-state index contributed by atoms with van der Waals surface area (Å²) < 4.78 is 5.48. The Kier molecular flexibility index (Phi) is 5.66. The first-order chi connectivity index (χ1) is 15.2. The maximum absolute atomic E-state index is 12.1. The third-order valence-corrected chi connectivity index (χ3v) is 6.61. The maximum atomic E-state index is 12.1. The summed E-state index contributed by atoms with van der Waals surface area (Å²) >= 11 is 0. The van der Waals surface area contributed by atoms with Gasteiger partial charge in [-0.1, -0.05) is 54.6 Å². The van der Waals surface area contributed by atoms with Crippen LogP contribution in [0.2, 0.25) is 0 Å². The van der Waals surface area contributed by atoms with Crippen molar-refractivity contribution in [3.05, 3.63) is 95.6 Å². The molecule has 2 heterocycles. The molecule has 1 unspecified atom stereocenters. The Balaban J connectivity index is 1.51. The van der Waals surface area contributed by atoms with Crippen molar-refractivity contribution in [1.29, 1.82) is 0 Å². The van der Waals surface area contributed by atoms with Crippen LogP contribution in [-0.4, -0.2) is 44.5 Å².